The number of anilines is 1. The third kappa shape index (κ3) is 2.81. The van der Waals surface area contributed by atoms with E-state index in [4.69, 9.17) is 0 Å². The number of fused-ring (bicyclic) bond motifs is 1. The molecule has 0 aliphatic rings. The topological polar surface area (TPSA) is 51.3 Å². The third-order valence-corrected chi connectivity index (χ3v) is 3.46. The lowest BCUT2D eigenvalue weighted by Crippen LogP contribution is -2.24. The molecule has 0 atom stereocenters. The van der Waals surface area contributed by atoms with Crippen LogP contribution in [0.5, 0.6) is 0 Å². The molecule has 1 N–H and O–H groups in total. The minimum atomic E-state index is -0.0104. The first-order chi connectivity index (χ1) is 10.1. The summed E-state index contributed by atoms with van der Waals surface area (Å²) in [4.78, 5) is 12.3. The summed E-state index contributed by atoms with van der Waals surface area (Å²) in [7, 11) is 0. The summed E-state index contributed by atoms with van der Waals surface area (Å²) in [5, 5.41) is 7.56. The number of hydrogen-bond acceptors (Lipinski definition) is 3. The molecular weight excluding hydrogens is 264 g/mol. The molecule has 0 spiro atoms. The second kappa shape index (κ2) is 5.44. The number of rotatable bonds is 4. The second-order valence-corrected chi connectivity index (χ2v) is 5.21. The smallest absolute Gasteiger partial charge is 0.276 e. The fraction of sp³-hybridized carbons (Fsp3) is 0.250. The van der Waals surface area contributed by atoms with Gasteiger partial charge in [-0.25, -0.2) is 4.52 Å². The van der Waals surface area contributed by atoms with Gasteiger partial charge in [0.2, 0.25) is 0 Å². The Kier molecular flexibility index (Phi) is 3.48. The van der Waals surface area contributed by atoms with E-state index in [0.29, 0.717) is 18.6 Å². The van der Waals surface area contributed by atoms with Gasteiger partial charge in [-0.05, 0) is 32.0 Å². The summed E-state index contributed by atoms with van der Waals surface area (Å²) in [6.07, 6.45) is 3.59. The molecule has 0 saturated carbocycles. The van der Waals surface area contributed by atoms with Crippen molar-refractivity contribution in [3.8, 4) is 0 Å². The first kappa shape index (κ1) is 13.4. The monoisotopic (exact) mass is 282 g/mol. The van der Waals surface area contributed by atoms with Crippen LogP contribution >= 0.6 is 0 Å². The summed E-state index contributed by atoms with van der Waals surface area (Å²) >= 11 is 0. The highest BCUT2D eigenvalue weighted by Gasteiger charge is 2.04. The van der Waals surface area contributed by atoms with E-state index in [9.17, 15) is 4.79 Å². The van der Waals surface area contributed by atoms with E-state index < -0.39 is 0 Å². The maximum Gasteiger partial charge on any atom is 0.276 e. The molecule has 0 radical (unpaired) electrons. The van der Waals surface area contributed by atoms with E-state index in [0.717, 1.165) is 11.4 Å². The average molecular weight is 282 g/mol. The predicted molar refractivity (Wildman–Crippen MR) is 83.9 cm³/mol. The molecule has 3 rings (SSSR count). The van der Waals surface area contributed by atoms with Gasteiger partial charge in [0.25, 0.3) is 5.56 Å². The molecule has 3 aromatic rings. The lowest BCUT2D eigenvalue weighted by molar-refractivity contribution is 0.688. The van der Waals surface area contributed by atoms with Gasteiger partial charge in [-0.2, -0.15) is 5.10 Å². The minimum Gasteiger partial charge on any atom is -0.383 e. The lowest BCUT2D eigenvalue weighted by Gasteiger charge is -2.09. The first-order valence-corrected chi connectivity index (χ1v) is 6.99. The van der Waals surface area contributed by atoms with E-state index in [1.807, 2.05) is 31.3 Å². The molecule has 2 aromatic heterocycles. The van der Waals surface area contributed by atoms with E-state index in [1.54, 1.807) is 15.3 Å². The summed E-state index contributed by atoms with van der Waals surface area (Å²) in [6.45, 7) is 5.27. The van der Waals surface area contributed by atoms with Crippen molar-refractivity contribution in [1.82, 2.24) is 14.2 Å². The molecule has 1 aromatic carbocycles. The summed E-state index contributed by atoms with van der Waals surface area (Å²) < 4.78 is 3.33. The van der Waals surface area contributed by atoms with Gasteiger partial charge in [0.05, 0.1) is 5.69 Å². The fourth-order valence-electron chi connectivity index (χ4n) is 2.32. The molecule has 108 valence electrons. The van der Waals surface area contributed by atoms with Crippen LogP contribution in [0.2, 0.25) is 0 Å². The molecule has 0 fully saturated rings. The first-order valence-electron chi connectivity index (χ1n) is 6.99. The molecule has 5 nitrogen and oxygen atoms in total. The van der Waals surface area contributed by atoms with Crippen molar-refractivity contribution < 1.29 is 0 Å². The Balaban J connectivity index is 1.72. The van der Waals surface area contributed by atoms with Gasteiger partial charge >= 0.3 is 0 Å². The van der Waals surface area contributed by atoms with Gasteiger partial charge in [-0.3, -0.25) is 4.79 Å². The van der Waals surface area contributed by atoms with Crippen molar-refractivity contribution in [2.24, 2.45) is 0 Å². The Morgan fingerprint density at radius 2 is 1.90 bits per heavy atom. The van der Waals surface area contributed by atoms with E-state index in [2.05, 4.69) is 29.5 Å². The van der Waals surface area contributed by atoms with Crippen molar-refractivity contribution in [3.05, 3.63) is 64.3 Å². The summed E-state index contributed by atoms with van der Waals surface area (Å²) in [5.41, 5.74) is 3.75. The van der Waals surface area contributed by atoms with Crippen LogP contribution in [0.15, 0.2) is 47.5 Å². The highest BCUT2D eigenvalue weighted by molar-refractivity contribution is 5.45. The second-order valence-electron chi connectivity index (χ2n) is 5.21. The maximum atomic E-state index is 12.3. The Morgan fingerprint density at radius 3 is 2.67 bits per heavy atom. The van der Waals surface area contributed by atoms with Crippen LogP contribution in [0.3, 0.4) is 0 Å². The van der Waals surface area contributed by atoms with Crippen molar-refractivity contribution in [3.63, 3.8) is 0 Å². The standard InChI is InChI=1S/C16H18N4O/c1-12-3-5-14(6-4-12)17-7-8-19-9-10-20-15(16(19)21)11-13(2)18-20/h3-6,9-11,17H,7-8H2,1-2H3. The van der Waals surface area contributed by atoms with Gasteiger partial charge < -0.3 is 9.88 Å². The zero-order chi connectivity index (χ0) is 14.8. The van der Waals surface area contributed by atoms with Crippen LogP contribution in [-0.4, -0.2) is 20.7 Å². The highest BCUT2D eigenvalue weighted by atomic mass is 16.1. The fourth-order valence-corrected chi connectivity index (χ4v) is 2.32. The van der Waals surface area contributed by atoms with Gasteiger partial charge in [0, 0.05) is 31.2 Å². The van der Waals surface area contributed by atoms with E-state index in [1.165, 1.54) is 5.56 Å². The number of aromatic nitrogens is 3. The molecule has 0 amide bonds. The van der Waals surface area contributed by atoms with Gasteiger partial charge in [-0.15, -0.1) is 0 Å². The Labute approximate surface area is 122 Å². The zero-order valence-corrected chi connectivity index (χ0v) is 12.2. The van der Waals surface area contributed by atoms with Gasteiger partial charge in [-0.1, -0.05) is 17.7 Å². The Morgan fingerprint density at radius 1 is 1.14 bits per heavy atom. The Bertz CT molecular complexity index is 814. The van der Waals surface area contributed by atoms with E-state index in [-0.39, 0.29) is 5.56 Å². The van der Waals surface area contributed by atoms with Gasteiger partial charge in [0.15, 0.2) is 0 Å². The number of benzene rings is 1. The van der Waals surface area contributed by atoms with Gasteiger partial charge in [0.1, 0.15) is 5.52 Å². The molecule has 5 heteroatoms. The SMILES string of the molecule is Cc1ccc(NCCn2ccn3nc(C)cc3c2=O)cc1. The van der Waals surface area contributed by atoms with Crippen molar-refractivity contribution in [2.75, 3.05) is 11.9 Å². The number of hydrogen-bond donors (Lipinski definition) is 1. The lowest BCUT2D eigenvalue weighted by atomic mass is 10.2. The number of nitrogens with zero attached hydrogens (tertiary/aromatic N) is 3. The average Bonchev–Trinajstić information content (AvgIpc) is 2.85. The summed E-state index contributed by atoms with van der Waals surface area (Å²) in [5.74, 6) is 0. The third-order valence-electron chi connectivity index (χ3n) is 3.46. The van der Waals surface area contributed by atoms with Crippen LogP contribution in [-0.2, 0) is 6.54 Å². The predicted octanol–water partition coefficient (Wildman–Crippen LogP) is 2.22. The molecular formula is C16H18N4O. The van der Waals surface area contributed by atoms with Crippen LogP contribution in [0.25, 0.3) is 5.52 Å². The largest absolute Gasteiger partial charge is 0.383 e. The van der Waals surface area contributed by atoms with Crippen LogP contribution in [0.1, 0.15) is 11.3 Å². The molecule has 21 heavy (non-hydrogen) atoms. The molecule has 0 saturated heterocycles. The van der Waals surface area contributed by atoms with Crippen molar-refractivity contribution >= 4 is 11.2 Å². The summed E-state index contributed by atoms with van der Waals surface area (Å²) in [6, 6.07) is 10.0. The highest BCUT2D eigenvalue weighted by Crippen LogP contribution is 2.08. The van der Waals surface area contributed by atoms with Crippen LogP contribution < -0.4 is 10.9 Å². The molecule has 2 heterocycles. The molecule has 0 bridgehead atoms. The maximum absolute atomic E-state index is 12.3. The quantitative estimate of drug-likeness (QED) is 0.798. The number of nitrogens with one attached hydrogen (secondary N) is 1. The molecule has 0 aliphatic carbocycles. The molecule has 0 unspecified atom stereocenters. The Hall–Kier alpha value is -2.56. The van der Waals surface area contributed by atoms with Crippen molar-refractivity contribution in [2.45, 2.75) is 20.4 Å². The zero-order valence-electron chi connectivity index (χ0n) is 12.2. The van der Waals surface area contributed by atoms with Crippen molar-refractivity contribution in [1.29, 1.82) is 0 Å². The molecule has 0 aliphatic heterocycles. The van der Waals surface area contributed by atoms with E-state index >= 15 is 0 Å². The van der Waals surface area contributed by atoms with Crippen LogP contribution in [0.4, 0.5) is 5.69 Å². The minimum absolute atomic E-state index is 0.0104. The van der Waals surface area contributed by atoms with Crippen LogP contribution in [0, 0.1) is 13.8 Å². The number of aryl methyl sites for hydroxylation is 2. The normalized spacial score (nSPS) is 11.0.